The summed E-state index contributed by atoms with van der Waals surface area (Å²) in [6.07, 6.45) is 7.06. The highest BCUT2D eigenvalue weighted by atomic mass is 35.5. The number of nitrogens with zero attached hydrogens (tertiary/aromatic N) is 5. The van der Waals surface area contributed by atoms with E-state index in [1.807, 2.05) is 36.5 Å². The topological polar surface area (TPSA) is 95.2 Å². The van der Waals surface area contributed by atoms with Crippen LogP contribution in [0, 0.1) is 11.3 Å². The molecule has 7 nitrogen and oxygen atoms in total. The van der Waals surface area contributed by atoms with E-state index in [1.54, 1.807) is 23.3 Å². The number of H-pyrrole nitrogens is 1. The third-order valence-corrected chi connectivity index (χ3v) is 5.70. The highest BCUT2D eigenvalue weighted by Crippen LogP contribution is 2.22. The molecule has 9 heteroatoms. The molecule has 5 aromatic rings. The zero-order valence-corrected chi connectivity index (χ0v) is 18.3. The fourth-order valence-corrected chi connectivity index (χ4v) is 4.02. The van der Waals surface area contributed by atoms with Gasteiger partial charge in [-0.3, -0.25) is 9.67 Å². The van der Waals surface area contributed by atoms with Crippen molar-refractivity contribution < 1.29 is 0 Å². The summed E-state index contributed by atoms with van der Waals surface area (Å²) in [6.45, 7) is 1.65. The summed E-state index contributed by atoms with van der Waals surface area (Å²) in [5.41, 5.74) is 4.95. The highest BCUT2D eigenvalue weighted by molar-refractivity contribution is 6.35. The number of halogens is 2. The lowest BCUT2D eigenvalue weighted by molar-refractivity contribution is 0.676. The van der Waals surface area contributed by atoms with Crippen LogP contribution in [0.2, 0.25) is 10.0 Å². The first-order chi connectivity index (χ1) is 15.6. The van der Waals surface area contributed by atoms with E-state index in [0.29, 0.717) is 35.4 Å². The van der Waals surface area contributed by atoms with Crippen LogP contribution in [-0.2, 0) is 19.6 Å². The zero-order chi connectivity index (χ0) is 22.1. The Morgan fingerprint density at radius 2 is 1.97 bits per heavy atom. The smallest absolute Gasteiger partial charge is 0.166 e. The van der Waals surface area contributed by atoms with Gasteiger partial charge in [0.05, 0.1) is 22.1 Å². The van der Waals surface area contributed by atoms with Crippen molar-refractivity contribution in [2.45, 2.75) is 19.6 Å². The second kappa shape index (κ2) is 8.60. The molecule has 0 amide bonds. The van der Waals surface area contributed by atoms with Gasteiger partial charge in [0, 0.05) is 54.2 Å². The number of benzene rings is 1. The molecule has 4 aromatic heterocycles. The van der Waals surface area contributed by atoms with E-state index in [4.69, 9.17) is 23.2 Å². The van der Waals surface area contributed by atoms with E-state index in [9.17, 15) is 5.26 Å². The van der Waals surface area contributed by atoms with Crippen LogP contribution >= 0.6 is 23.2 Å². The molecule has 0 saturated heterocycles. The maximum atomic E-state index is 9.51. The minimum atomic E-state index is 0.408. The summed E-state index contributed by atoms with van der Waals surface area (Å²) in [6, 6.07) is 12.1. The number of hydrogen-bond acceptors (Lipinski definition) is 5. The second-order valence-electron chi connectivity index (χ2n) is 7.47. The predicted molar refractivity (Wildman–Crippen MR) is 124 cm³/mol. The van der Waals surface area contributed by atoms with E-state index >= 15 is 0 Å². The molecule has 0 spiro atoms. The monoisotopic (exact) mass is 461 g/mol. The van der Waals surface area contributed by atoms with E-state index in [1.165, 1.54) is 0 Å². The molecule has 0 radical (unpaired) electrons. The Kier molecular flexibility index (Phi) is 5.50. The first-order valence-corrected chi connectivity index (χ1v) is 10.7. The Labute approximate surface area is 193 Å². The number of nitrogens with one attached hydrogen (secondary N) is 2. The van der Waals surface area contributed by atoms with Gasteiger partial charge in [-0.05, 0) is 35.4 Å². The van der Waals surface area contributed by atoms with Crippen LogP contribution in [0.3, 0.4) is 0 Å². The number of pyridine rings is 2. The van der Waals surface area contributed by atoms with E-state index in [2.05, 4.69) is 31.4 Å². The summed E-state index contributed by atoms with van der Waals surface area (Å²) in [5.74, 6) is 0. The highest BCUT2D eigenvalue weighted by Gasteiger charge is 2.10. The lowest BCUT2D eigenvalue weighted by Crippen LogP contribution is -2.13. The number of aromatic nitrogens is 5. The molecule has 0 aliphatic rings. The average molecular weight is 462 g/mol. The van der Waals surface area contributed by atoms with Gasteiger partial charge in [0.1, 0.15) is 11.7 Å². The predicted octanol–water partition coefficient (Wildman–Crippen LogP) is 4.82. The molecule has 0 fully saturated rings. The summed E-state index contributed by atoms with van der Waals surface area (Å²) in [4.78, 5) is 11.7. The summed E-state index contributed by atoms with van der Waals surface area (Å²) < 4.78 is 1.78. The van der Waals surface area contributed by atoms with Gasteiger partial charge in [0.2, 0.25) is 0 Å². The van der Waals surface area contributed by atoms with Crippen LogP contribution in [0.25, 0.3) is 21.9 Å². The molecular formula is C23H17Cl2N7. The number of hydrogen-bond donors (Lipinski definition) is 2. The van der Waals surface area contributed by atoms with Gasteiger partial charge in [0.15, 0.2) is 5.69 Å². The number of fused-ring (bicyclic) bond motifs is 2. The van der Waals surface area contributed by atoms with Crippen molar-refractivity contribution in [3.8, 4) is 6.07 Å². The van der Waals surface area contributed by atoms with Crippen LogP contribution < -0.4 is 5.32 Å². The molecule has 4 heterocycles. The summed E-state index contributed by atoms with van der Waals surface area (Å²) >= 11 is 12.2. The van der Waals surface area contributed by atoms with E-state index < -0.39 is 0 Å². The largest absolute Gasteiger partial charge is 0.345 e. The number of rotatable bonds is 6. The Morgan fingerprint density at radius 1 is 1.06 bits per heavy atom. The SMILES string of the molecule is N#Cc1nn(Cc2ccc3ncc(Cl)cc3c2)cc1CNCc1cnc2[nH]cc(Cl)c2c1. The minimum Gasteiger partial charge on any atom is -0.345 e. The van der Waals surface area contributed by atoms with Gasteiger partial charge in [-0.1, -0.05) is 29.3 Å². The van der Waals surface area contributed by atoms with Crippen LogP contribution in [0.5, 0.6) is 0 Å². The maximum Gasteiger partial charge on any atom is 0.166 e. The zero-order valence-electron chi connectivity index (χ0n) is 16.8. The van der Waals surface area contributed by atoms with Crippen LogP contribution in [0.1, 0.15) is 22.4 Å². The van der Waals surface area contributed by atoms with Crippen molar-refractivity contribution in [3.63, 3.8) is 0 Å². The van der Waals surface area contributed by atoms with Gasteiger partial charge in [0.25, 0.3) is 0 Å². The molecule has 0 unspecified atom stereocenters. The van der Waals surface area contributed by atoms with Crippen molar-refractivity contribution in [1.29, 1.82) is 5.26 Å². The summed E-state index contributed by atoms with van der Waals surface area (Å²) in [5, 5.41) is 20.4. The van der Waals surface area contributed by atoms with Crippen molar-refractivity contribution in [2.24, 2.45) is 0 Å². The van der Waals surface area contributed by atoms with Crippen molar-refractivity contribution in [1.82, 2.24) is 30.0 Å². The van der Waals surface area contributed by atoms with Crippen molar-refractivity contribution in [2.75, 3.05) is 0 Å². The number of aromatic amines is 1. The normalized spacial score (nSPS) is 11.3. The Hall–Kier alpha value is -3.44. The Morgan fingerprint density at radius 3 is 2.84 bits per heavy atom. The van der Waals surface area contributed by atoms with Gasteiger partial charge >= 0.3 is 0 Å². The van der Waals surface area contributed by atoms with Gasteiger partial charge in [-0.2, -0.15) is 10.4 Å². The molecule has 158 valence electrons. The van der Waals surface area contributed by atoms with Crippen LogP contribution in [0.4, 0.5) is 0 Å². The minimum absolute atomic E-state index is 0.408. The molecule has 0 aliphatic heterocycles. The second-order valence-corrected chi connectivity index (χ2v) is 8.32. The van der Waals surface area contributed by atoms with Crippen LogP contribution in [-0.4, -0.2) is 24.7 Å². The molecule has 32 heavy (non-hydrogen) atoms. The molecule has 5 rings (SSSR count). The summed E-state index contributed by atoms with van der Waals surface area (Å²) in [7, 11) is 0. The van der Waals surface area contributed by atoms with Crippen molar-refractivity contribution in [3.05, 3.63) is 87.5 Å². The molecule has 0 bridgehead atoms. The van der Waals surface area contributed by atoms with Gasteiger partial charge < -0.3 is 10.3 Å². The lowest BCUT2D eigenvalue weighted by Gasteiger charge is -2.05. The molecule has 0 saturated carbocycles. The maximum absolute atomic E-state index is 9.51. The number of nitriles is 1. The fourth-order valence-electron chi connectivity index (χ4n) is 3.66. The van der Waals surface area contributed by atoms with Gasteiger partial charge in [-0.15, -0.1) is 0 Å². The molecule has 0 atom stereocenters. The third kappa shape index (κ3) is 4.16. The first kappa shape index (κ1) is 20.5. The average Bonchev–Trinajstić information content (AvgIpc) is 3.36. The van der Waals surface area contributed by atoms with E-state index in [0.717, 1.165) is 38.6 Å². The van der Waals surface area contributed by atoms with E-state index in [-0.39, 0.29) is 0 Å². The quantitative estimate of drug-likeness (QED) is 0.377. The molecule has 2 N–H and O–H groups in total. The van der Waals surface area contributed by atoms with Crippen molar-refractivity contribution >= 4 is 45.1 Å². The lowest BCUT2D eigenvalue weighted by atomic mass is 10.1. The fraction of sp³-hybridized carbons (Fsp3) is 0.130. The Bertz CT molecular complexity index is 1480. The molecule has 0 aliphatic carbocycles. The Balaban J connectivity index is 1.28. The molecule has 1 aromatic carbocycles. The molecular weight excluding hydrogens is 445 g/mol. The van der Waals surface area contributed by atoms with Gasteiger partial charge in [-0.25, -0.2) is 4.98 Å². The third-order valence-electron chi connectivity index (χ3n) is 5.18. The first-order valence-electron chi connectivity index (χ1n) is 9.92. The standard InChI is InChI=1S/C23H17Cl2N7/c24-18-5-16-3-14(1-2-21(16)28-10-18)12-32-13-17(22(6-26)31-32)9-27-7-15-4-19-20(25)11-30-23(19)29-8-15/h1-5,8,10-11,13,27H,7,9,12H2,(H,29,30). The van der Waals surface area contributed by atoms with Crippen LogP contribution in [0.15, 0.2) is 55.1 Å².